The Balaban J connectivity index is 1.74. The van der Waals surface area contributed by atoms with E-state index in [1.165, 1.54) is 0 Å². The first kappa shape index (κ1) is 16.7. The molecule has 0 spiro atoms. The number of aliphatic hydroxyl groups is 1. The highest BCUT2D eigenvalue weighted by atomic mass is 16.3. The largest absolute Gasteiger partial charge is 0.388 e. The summed E-state index contributed by atoms with van der Waals surface area (Å²) in [4.78, 5) is 14.7. The number of hydrogen-bond donors (Lipinski definition) is 2. The van der Waals surface area contributed by atoms with Crippen LogP contribution in [0, 0.1) is 0 Å². The van der Waals surface area contributed by atoms with Crippen LogP contribution in [0.3, 0.4) is 0 Å². The van der Waals surface area contributed by atoms with Gasteiger partial charge in [0, 0.05) is 13.0 Å². The predicted molar refractivity (Wildman–Crippen MR) is 94.1 cm³/mol. The van der Waals surface area contributed by atoms with Crippen LogP contribution in [-0.2, 0) is 17.8 Å². The minimum atomic E-state index is -1.14. The van der Waals surface area contributed by atoms with Gasteiger partial charge in [0.2, 0.25) is 5.91 Å². The van der Waals surface area contributed by atoms with E-state index in [0.717, 1.165) is 11.1 Å². The van der Waals surface area contributed by atoms with Gasteiger partial charge in [-0.1, -0.05) is 60.7 Å². The molecule has 0 aromatic heterocycles. The number of carbonyl (C=O) groups is 1. The summed E-state index contributed by atoms with van der Waals surface area (Å²) in [5.74, 6) is -0.0488. The SMILES string of the molecule is CC1NC(C(C)(O)Cc2ccccc2)C(=O)N1Cc1ccccc1. The second-order valence-corrected chi connectivity index (χ2v) is 6.75. The van der Waals surface area contributed by atoms with Crippen molar-refractivity contribution >= 4 is 5.91 Å². The molecule has 0 bridgehead atoms. The molecule has 2 aromatic rings. The molecule has 1 heterocycles. The highest BCUT2D eigenvalue weighted by molar-refractivity contribution is 5.85. The van der Waals surface area contributed by atoms with E-state index < -0.39 is 11.6 Å². The second kappa shape index (κ2) is 6.75. The van der Waals surface area contributed by atoms with Crippen molar-refractivity contribution in [3.8, 4) is 0 Å². The molecule has 1 aliphatic heterocycles. The Morgan fingerprint density at radius 2 is 1.58 bits per heavy atom. The number of hydrogen-bond acceptors (Lipinski definition) is 3. The highest BCUT2D eigenvalue weighted by Crippen LogP contribution is 2.25. The van der Waals surface area contributed by atoms with Crippen molar-refractivity contribution in [2.75, 3.05) is 0 Å². The number of benzene rings is 2. The van der Waals surface area contributed by atoms with Crippen molar-refractivity contribution in [2.45, 2.75) is 44.6 Å². The maximum Gasteiger partial charge on any atom is 0.244 e. The van der Waals surface area contributed by atoms with Gasteiger partial charge in [-0.25, -0.2) is 0 Å². The maximum atomic E-state index is 12.9. The van der Waals surface area contributed by atoms with Crippen LogP contribution in [0.1, 0.15) is 25.0 Å². The smallest absolute Gasteiger partial charge is 0.244 e. The van der Waals surface area contributed by atoms with Gasteiger partial charge >= 0.3 is 0 Å². The van der Waals surface area contributed by atoms with Crippen molar-refractivity contribution in [3.05, 3.63) is 71.8 Å². The van der Waals surface area contributed by atoms with Gasteiger partial charge in [0.1, 0.15) is 6.04 Å². The van der Waals surface area contributed by atoms with E-state index in [2.05, 4.69) is 5.32 Å². The summed E-state index contributed by atoms with van der Waals surface area (Å²) in [6.45, 7) is 4.24. The molecule has 2 aromatic carbocycles. The molecule has 3 rings (SSSR count). The minimum Gasteiger partial charge on any atom is -0.388 e. The fraction of sp³-hybridized carbons (Fsp3) is 0.350. The zero-order valence-corrected chi connectivity index (χ0v) is 14.1. The molecule has 24 heavy (non-hydrogen) atoms. The molecule has 0 radical (unpaired) electrons. The van der Waals surface area contributed by atoms with Crippen LogP contribution in [0.5, 0.6) is 0 Å². The molecule has 1 amide bonds. The zero-order chi connectivity index (χ0) is 17.2. The quantitative estimate of drug-likeness (QED) is 0.887. The number of nitrogens with one attached hydrogen (secondary N) is 1. The topological polar surface area (TPSA) is 52.6 Å². The summed E-state index contributed by atoms with van der Waals surface area (Å²) in [7, 11) is 0. The van der Waals surface area contributed by atoms with Crippen molar-refractivity contribution in [1.29, 1.82) is 0 Å². The summed E-state index contributed by atoms with van der Waals surface area (Å²) in [5.41, 5.74) is 0.965. The van der Waals surface area contributed by atoms with E-state index >= 15 is 0 Å². The summed E-state index contributed by atoms with van der Waals surface area (Å²) in [6, 6.07) is 19.1. The first-order valence-electron chi connectivity index (χ1n) is 8.34. The lowest BCUT2D eigenvalue weighted by Gasteiger charge is -2.29. The van der Waals surface area contributed by atoms with Crippen LogP contribution in [0.2, 0.25) is 0 Å². The van der Waals surface area contributed by atoms with E-state index in [-0.39, 0.29) is 12.1 Å². The third-order valence-electron chi connectivity index (χ3n) is 4.63. The van der Waals surface area contributed by atoms with Gasteiger partial charge in [-0.15, -0.1) is 0 Å². The molecule has 1 aliphatic rings. The van der Waals surface area contributed by atoms with Gasteiger partial charge in [-0.05, 0) is 25.0 Å². The molecule has 0 aliphatic carbocycles. The lowest BCUT2D eigenvalue weighted by atomic mass is 9.89. The Morgan fingerprint density at radius 1 is 1.04 bits per heavy atom. The zero-order valence-electron chi connectivity index (χ0n) is 14.1. The predicted octanol–water partition coefficient (Wildman–Crippen LogP) is 2.33. The molecule has 0 saturated carbocycles. The molecule has 4 heteroatoms. The summed E-state index contributed by atoms with van der Waals surface area (Å²) in [5, 5.41) is 14.2. The van der Waals surface area contributed by atoms with Crippen LogP contribution in [0.4, 0.5) is 0 Å². The molecule has 1 fully saturated rings. The molecular weight excluding hydrogens is 300 g/mol. The normalized spacial score (nSPS) is 23.3. The fourth-order valence-electron chi connectivity index (χ4n) is 3.31. The number of amides is 1. The minimum absolute atomic E-state index is 0.0488. The first-order valence-corrected chi connectivity index (χ1v) is 8.34. The van der Waals surface area contributed by atoms with E-state index in [9.17, 15) is 9.90 Å². The van der Waals surface area contributed by atoms with E-state index in [0.29, 0.717) is 13.0 Å². The third-order valence-corrected chi connectivity index (χ3v) is 4.63. The lowest BCUT2D eigenvalue weighted by molar-refractivity contribution is -0.134. The Kier molecular flexibility index (Phi) is 4.69. The van der Waals surface area contributed by atoms with Gasteiger partial charge in [0.15, 0.2) is 0 Å². The van der Waals surface area contributed by atoms with Crippen molar-refractivity contribution in [2.24, 2.45) is 0 Å². The molecule has 1 saturated heterocycles. The van der Waals surface area contributed by atoms with Crippen LogP contribution in [-0.4, -0.2) is 33.7 Å². The van der Waals surface area contributed by atoms with Crippen molar-refractivity contribution in [3.63, 3.8) is 0 Å². The van der Waals surface area contributed by atoms with Crippen LogP contribution >= 0.6 is 0 Å². The molecular formula is C20H24N2O2. The Labute approximate surface area is 143 Å². The van der Waals surface area contributed by atoms with Gasteiger partial charge < -0.3 is 10.0 Å². The summed E-state index contributed by atoms with van der Waals surface area (Å²) >= 11 is 0. The van der Waals surface area contributed by atoms with Gasteiger partial charge in [-0.3, -0.25) is 10.1 Å². The van der Waals surface area contributed by atoms with Crippen molar-refractivity contribution in [1.82, 2.24) is 10.2 Å². The van der Waals surface area contributed by atoms with Crippen molar-refractivity contribution < 1.29 is 9.90 Å². The molecule has 4 nitrogen and oxygen atoms in total. The number of rotatable bonds is 5. The number of carbonyl (C=O) groups excluding carboxylic acids is 1. The van der Waals surface area contributed by atoms with E-state index in [1.807, 2.05) is 67.6 Å². The maximum absolute atomic E-state index is 12.9. The van der Waals surface area contributed by atoms with Crippen LogP contribution in [0.25, 0.3) is 0 Å². The summed E-state index contributed by atoms with van der Waals surface area (Å²) < 4.78 is 0. The van der Waals surface area contributed by atoms with Gasteiger partial charge in [0.05, 0.1) is 11.8 Å². The standard InChI is InChI=1S/C20H24N2O2/c1-15-21-18(20(2,24)13-16-9-5-3-6-10-16)19(23)22(15)14-17-11-7-4-8-12-17/h3-12,15,18,21,24H,13-14H2,1-2H3. The molecule has 3 atom stereocenters. The van der Waals surface area contributed by atoms with Crippen LogP contribution in [0.15, 0.2) is 60.7 Å². The lowest BCUT2D eigenvalue weighted by Crippen LogP contribution is -2.51. The van der Waals surface area contributed by atoms with Gasteiger partial charge in [0.25, 0.3) is 0 Å². The summed E-state index contributed by atoms with van der Waals surface area (Å²) in [6.07, 6.45) is 0.327. The van der Waals surface area contributed by atoms with Gasteiger partial charge in [-0.2, -0.15) is 0 Å². The average Bonchev–Trinajstić information content (AvgIpc) is 2.85. The van der Waals surface area contributed by atoms with E-state index in [4.69, 9.17) is 0 Å². The Bertz CT molecular complexity index is 685. The Hall–Kier alpha value is -2.17. The molecule has 126 valence electrons. The Morgan fingerprint density at radius 3 is 2.17 bits per heavy atom. The molecule has 2 N–H and O–H groups in total. The van der Waals surface area contributed by atoms with E-state index in [1.54, 1.807) is 11.8 Å². The molecule has 3 unspecified atom stereocenters. The fourth-order valence-corrected chi connectivity index (χ4v) is 3.31. The van der Waals surface area contributed by atoms with Crippen LogP contribution < -0.4 is 5.32 Å². The number of nitrogens with zero attached hydrogens (tertiary/aromatic N) is 1. The second-order valence-electron chi connectivity index (χ2n) is 6.75. The first-order chi connectivity index (χ1) is 11.5. The monoisotopic (exact) mass is 324 g/mol. The third kappa shape index (κ3) is 3.50. The average molecular weight is 324 g/mol. The highest BCUT2D eigenvalue weighted by Gasteiger charge is 2.46.